The van der Waals surface area contributed by atoms with Gasteiger partial charge in [-0.05, 0) is 43.7 Å². The second-order valence-corrected chi connectivity index (χ2v) is 6.39. The van der Waals surface area contributed by atoms with E-state index in [1.165, 1.54) is 0 Å². The Hall–Kier alpha value is -3.22. The number of carbonyl (C=O) groups is 2. The zero-order valence-electron chi connectivity index (χ0n) is 16.8. The van der Waals surface area contributed by atoms with Gasteiger partial charge in [-0.15, -0.1) is 0 Å². The molecular formula is C21H28N4O3. The summed E-state index contributed by atoms with van der Waals surface area (Å²) in [5.74, 6) is 0.430. The van der Waals surface area contributed by atoms with Crippen LogP contribution in [0.25, 0.3) is 0 Å². The summed E-state index contributed by atoms with van der Waals surface area (Å²) >= 11 is 0. The zero-order chi connectivity index (χ0) is 20.5. The van der Waals surface area contributed by atoms with E-state index in [1.807, 2.05) is 51.0 Å². The largest absolute Gasteiger partial charge is 0.492 e. The van der Waals surface area contributed by atoms with E-state index in [4.69, 9.17) is 4.74 Å². The number of hydrogen-bond donors (Lipinski definition) is 3. The highest BCUT2D eigenvalue weighted by Gasteiger charge is 2.15. The van der Waals surface area contributed by atoms with Gasteiger partial charge >= 0.3 is 6.03 Å². The van der Waals surface area contributed by atoms with Gasteiger partial charge in [0.1, 0.15) is 5.75 Å². The first-order valence-corrected chi connectivity index (χ1v) is 9.35. The normalized spacial score (nSPS) is 10.1. The molecule has 0 heterocycles. The van der Waals surface area contributed by atoms with E-state index in [9.17, 15) is 9.59 Å². The molecule has 0 aliphatic heterocycles. The van der Waals surface area contributed by atoms with Crippen molar-refractivity contribution in [2.45, 2.75) is 20.3 Å². The molecule has 2 aromatic carbocycles. The van der Waals surface area contributed by atoms with E-state index in [0.29, 0.717) is 35.8 Å². The number of urea groups is 1. The van der Waals surface area contributed by atoms with E-state index >= 15 is 0 Å². The molecule has 2 aromatic rings. The van der Waals surface area contributed by atoms with E-state index in [1.54, 1.807) is 24.3 Å². The molecule has 3 amide bonds. The van der Waals surface area contributed by atoms with Gasteiger partial charge < -0.3 is 25.6 Å². The van der Waals surface area contributed by atoms with E-state index < -0.39 is 6.03 Å². The summed E-state index contributed by atoms with van der Waals surface area (Å²) in [5.41, 5.74) is 2.39. The molecule has 0 aromatic heterocycles. The Morgan fingerprint density at radius 1 is 1.04 bits per heavy atom. The molecule has 0 radical (unpaired) electrons. The second-order valence-electron chi connectivity index (χ2n) is 6.39. The maximum Gasteiger partial charge on any atom is 0.323 e. The quantitative estimate of drug-likeness (QED) is 0.644. The summed E-state index contributed by atoms with van der Waals surface area (Å²) in [6.45, 7) is 4.98. The summed E-state index contributed by atoms with van der Waals surface area (Å²) in [4.78, 5) is 26.8. The number of rotatable bonds is 8. The fourth-order valence-corrected chi connectivity index (χ4v) is 2.66. The predicted molar refractivity (Wildman–Crippen MR) is 114 cm³/mol. The third kappa shape index (κ3) is 5.64. The smallest absolute Gasteiger partial charge is 0.323 e. The summed E-state index contributed by atoms with van der Waals surface area (Å²) in [5, 5.41) is 8.43. The van der Waals surface area contributed by atoms with E-state index in [2.05, 4.69) is 16.0 Å². The van der Waals surface area contributed by atoms with Gasteiger partial charge in [-0.3, -0.25) is 4.79 Å². The minimum Gasteiger partial charge on any atom is -0.492 e. The molecule has 0 unspecified atom stereocenters. The Bertz CT molecular complexity index is 821. The highest BCUT2D eigenvalue weighted by molar-refractivity contribution is 6.04. The van der Waals surface area contributed by atoms with Crippen LogP contribution < -0.4 is 25.6 Å². The minimum atomic E-state index is -0.412. The molecule has 0 fully saturated rings. The van der Waals surface area contributed by atoms with Crippen molar-refractivity contribution in [1.82, 2.24) is 5.32 Å². The first-order valence-electron chi connectivity index (χ1n) is 9.35. The number of anilines is 3. The number of para-hydroxylation sites is 2. The van der Waals surface area contributed by atoms with Crippen LogP contribution in [-0.4, -0.2) is 39.2 Å². The summed E-state index contributed by atoms with van der Waals surface area (Å²) in [6, 6.07) is 12.1. The molecule has 0 saturated carbocycles. The lowest BCUT2D eigenvalue weighted by Gasteiger charge is -2.18. The molecule has 7 nitrogen and oxygen atoms in total. The fraction of sp³-hybridized carbons (Fsp3) is 0.333. The molecule has 2 rings (SSSR count). The number of ether oxygens (including phenoxy) is 1. The highest BCUT2D eigenvalue weighted by atomic mass is 16.5. The maximum absolute atomic E-state index is 12.5. The van der Waals surface area contributed by atoms with Crippen molar-refractivity contribution < 1.29 is 14.3 Å². The van der Waals surface area contributed by atoms with Crippen LogP contribution in [0.3, 0.4) is 0 Å². The minimum absolute atomic E-state index is 0.170. The number of nitrogens with zero attached hydrogens (tertiary/aromatic N) is 1. The van der Waals surface area contributed by atoms with Crippen LogP contribution in [-0.2, 0) is 0 Å². The number of carbonyl (C=O) groups excluding carboxylic acids is 2. The number of hydrogen-bond acceptors (Lipinski definition) is 4. The Balaban J connectivity index is 2.17. The van der Waals surface area contributed by atoms with Crippen molar-refractivity contribution in [3.8, 4) is 5.75 Å². The molecule has 0 bridgehead atoms. The van der Waals surface area contributed by atoms with Crippen LogP contribution >= 0.6 is 0 Å². The van der Waals surface area contributed by atoms with Crippen LogP contribution in [0.5, 0.6) is 5.75 Å². The summed E-state index contributed by atoms with van der Waals surface area (Å²) in [6.07, 6.45) is 0.850. The molecular weight excluding hydrogens is 356 g/mol. The molecule has 0 aliphatic carbocycles. The Labute approximate surface area is 166 Å². The Morgan fingerprint density at radius 3 is 2.46 bits per heavy atom. The molecule has 0 spiro atoms. The molecule has 0 atom stereocenters. The van der Waals surface area contributed by atoms with E-state index in [0.717, 1.165) is 12.1 Å². The number of nitrogens with one attached hydrogen (secondary N) is 3. The lowest BCUT2D eigenvalue weighted by molar-refractivity contribution is 0.0954. The van der Waals surface area contributed by atoms with Gasteiger partial charge in [0, 0.05) is 32.0 Å². The topological polar surface area (TPSA) is 82.7 Å². The van der Waals surface area contributed by atoms with Gasteiger partial charge in [0.2, 0.25) is 0 Å². The second kappa shape index (κ2) is 10.2. The lowest BCUT2D eigenvalue weighted by Crippen LogP contribution is -2.27. The third-order valence-electron chi connectivity index (χ3n) is 3.95. The van der Waals surface area contributed by atoms with Crippen molar-refractivity contribution >= 4 is 29.0 Å². The molecule has 28 heavy (non-hydrogen) atoms. The van der Waals surface area contributed by atoms with Crippen molar-refractivity contribution in [2.75, 3.05) is 42.8 Å². The van der Waals surface area contributed by atoms with Crippen LogP contribution in [0.1, 0.15) is 30.6 Å². The summed E-state index contributed by atoms with van der Waals surface area (Å²) in [7, 11) is 3.74. The Morgan fingerprint density at radius 2 is 1.79 bits per heavy atom. The molecule has 7 heteroatoms. The van der Waals surface area contributed by atoms with Gasteiger partial charge in [-0.2, -0.15) is 0 Å². The van der Waals surface area contributed by atoms with Crippen LogP contribution in [0.15, 0.2) is 42.5 Å². The van der Waals surface area contributed by atoms with Gasteiger partial charge in [0.05, 0.1) is 17.9 Å². The predicted octanol–water partition coefficient (Wildman–Crippen LogP) is 3.94. The molecule has 150 valence electrons. The zero-order valence-corrected chi connectivity index (χ0v) is 16.8. The summed E-state index contributed by atoms with van der Waals surface area (Å²) < 4.78 is 5.52. The monoisotopic (exact) mass is 384 g/mol. The van der Waals surface area contributed by atoms with E-state index in [-0.39, 0.29) is 5.91 Å². The molecule has 0 saturated heterocycles. The van der Waals surface area contributed by atoms with Gasteiger partial charge in [0.25, 0.3) is 5.91 Å². The Kier molecular flexibility index (Phi) is 7.68. The first kappa shape index (κ1) is 21.1. The average molecular weight is 384 g/mol. The SMILES string of the molecule is CCCNC(=O)c1cc(NC(=O)Nc2ccccc2OCC)ccc1N(C)C. The van der Waals surface area contributed by atoms with Gasteiger partial charge in [-0.25, -0.2) is 4.79 Å². The molecule has 3 N–H and O–H groups in total. The van der Waals surface area contributed by atoms with Crippen LogP contribution in [0.4, 0.5) is 21.9 Å². The van der Waals surface area contributed by atoms with Crippen molar-refractivity contribution in [1.29, 1.82) is 0 Å². The highest BCUT2D eigenvalue weighted by Crippen LogP contribution is 2.25. The van der Waals surface area contributed by atoms with Crippen LogP contribution in [0, 0.1) is 0 Å². The first-order chi connectivity index (χ1) is 13.5. The number of amides is 3. The van der Waals surface area contributed by atoms with Crippen molar-refractivity contribution in [3.63, 3.8) is 0 Å². The third-order valence-corrected chi connectivity index (χ3v) is 3.95. The van der Waals surface area contributed by atoms with Crippen molar-refractivity contribution in [3.05, 3.63) is 48.0 Å². The van der Waals surface area contributed by atoms with Crippen molar-refractivity contribution in [2.24, 2.45) is 0 Å². The van der Waals surface area contributed by atoms with Gasteiger partial charge in [-0.1, -0.05) is 19.1 Å². The standard InChI is InChI=1S/C21H28N4O3/c1-5-13-22-20(26)16-14-15(11-12-18(16)25(3)4)23-21(27)24-17-9-7-8-10-19(17)28-6-2/h7-12,14H,5-6,13H2,1-4H3,(H,22,26)(H2,23,24,27). The number of benzene rings is 2. The fourth-order valence-electron chi connectivity index (χ4n) is 2.66. The van der Waals surface area contributed by atoms with Gasteiger partial charge in [0.15, 0.2) is 0 Å². The average Bonchev–Trinajstić information content (AvgIpc) is 2.67. The maximum atomic E-state index is 12.5. The lowest BCUT2D eigenvalue weighted by atomic mass is 10.1. The van der Waals surface area contributed by atoms with Crippen LogP contribution in [0.2, 0.25) is 0 Å². The molecule has 0 aliphatic rings.